The van der Waals surface area contributed by atoms with Gasteiger partial charge in [0, 0.05) is 20.1 Å². The van der Waals surface area contributed by atoms with E-state index in [0.29, 0.717) is 42.6 Å². The molecule has 0 atom stereocenters. The lowest BCUT2D eigenvalue weighted by molar-refractivity contribution is -0.151. The normalized spacial score (nSPS) is 14.1. The predicted octanol–water partition coefficient (Wildman–Crippen LogP) is 0.780. The molecular weight excluding hydrogens is 386 g/mol. The van der Waals surface area contributed by atoms with Crippen molar-refractivity contribution in [2.24, 2.45) is 0 Å². The number of amides is 2. The number of hydrogen-bond donors (Lipinski definition) is 0. The number of likely N-dealkylation sites (N-methyl/N-ethyl adjacent to an activating group) is 1. The Labute approximate surface area is 165 Å². The molecular formula is C18H21N3O6S. The molecule has 1 aliphatic heterocycles. The molecule has 0 spiro atoms. The smallest absolute Gasteiger partial charge is 0.316 e. The number of thioether (sulfide) groups is 1. The average Bonchev–Trinajstić information content (AvgIpc) is 3.14. The number of esters is 1. The third kappa shape index (κ3) is 5.46. The molecule has 1 fully saturated rings. The van der Waals surface area contributed by atoms with Crippen molar-refractivity contribution in [2.45, 2.75) is 5.22 Å². The highest BCUT2D eigenvalue weighted by Gasteiger charge is 2.21. The SMILES string of the molecule is CN(CC(=O)N1CCOCC1)C(=O)COC(=O)CSc1nc2ccccc2o1. The van der Waals surface area contributed by atoms with E-state index in [-0.39, 0.29) is 18.2 Å². The molecule has 0 bridgehead atoms. The second-order valence-electron chi connectivity index (χ2n) is 6.14. The van der Waals surface area contributed by atoms with Crippen molar-refractivity contribution in [2.75, 3.05) is 52.3 Å². The summed E-state index contributed by atoms with van der Waals surface area (Å²) in [4.78, 5) is 43.2. The summed E-state index contributed by atoms with van der Waals surface area (Å²) in [7, 11) is 1.50. The number of fused-ring (bicyclic) bond motifs is 1. The van der Waals surface area contributed by atoms with Crippen molar-refractivity contribution in [3.05, 3.63) is 24.3 Å². The van der Waals surface area contributed by atoms with Crippen molar-refractivity contribution in [1.82, 2.24) is 14.8 Å². The highest BCUT2D eigenvalue weighted by atomic mass is 32.2. The molecule has 0 radical (unpaired) electrons. The van der Waals surface area contributed by atoms with Crippen LogP contribution in [0.4, 0.5) is 0 Å². The van der Waals surface area contributed by atoms with Crippen LogP contribution in [-0.2, 0) is 23.9 Å². The number of hydrogen-bond acceptors (Lipinski definition) is 8. The highest BCUT2D eigenvalue weighted by molar-refractivity contribution is 7.99. The maximum absolute atomic E-state index is 12.1. The topological polar surface area (TPSA) is 102 Å². The Bertz CT molecular complexity index is 816. The monoisotopic (exact) mass is 407 g/mol. The van der Waals surface area contributed by atoms with E-state index in [0.717, 1.165) is 11.8 Å². The molecule has 1 aromatic heterocycles. The van der Waals surface area contributed by atoms with Gasteiger partial charge in [0.1, 0.15) is 11.3 Å². The van der Waals surface area contributed by atoms with Crippen molar-refractivity contribution in [3.63, 3.8) is 0 Å². The van der Waals surface area contributed by atoms with Gasteiger partial charge in [-0.1, -0.05) is 23.9 Å². The summed E-state index contributed by atoms with van der Waals surface area (Å²) in [5.74, 6) is -1.19. The van der Waals surface area contributed by atoms with E-state index >= 15 is 0 Å². The van der Waals surface area contributed by atoms with Crippen molar-refractivity contribution in [1.29, 1.82) is 0 Å². The van der Waals surface area contributed by atoms with Crippen molar-refractivity contribution in [3.8, 4) is 0 Å². The molecule has 150 valence electrons. The van der Waals surface area contributed by atoms with E-state index < -0.39 is 18.5 Å². The van der Waals surface area contributed by atoms with E-state index in [1.165, 1.54) is 11.9 Å². The fourth-order valence-corrected chi connectivity index (χ4v) is 3.17. The number of para-hydroxylation sites is 2. The summed E-state index contributed by atoms with van der Waals surface area (Å²) in [6, 6.07) is 7.28. The van der Waals surface area contributed by atoms with Crippen LogP contribution in [0.25, 0.3) is 11.1 Å². The lowest BCUT2D eigenvalue weighted by atomic mass is 10.3. The van der Waals surface area contributed by atoms with Crippen molar-refractivity contribution < 1.29 is 28.3 Å². The molecule has 0 unspecified atom stereocenters. The van der Waals surface area contributed by atoms with Crippen LogP contribution in [0.3, 0.4) is 0 Å². The Morgan fingerprint density at radius 3 is 2.75 bits per heavy atom. The zero-order valence-corrected chi connectivity index (χ0v) is 16.3. The first-order valence-electron chi connectivity index (χ1n) is 8.76. The molecule has 2 aromatic rings. The van der Waals surface area contributed by atoms with Gasteiger partial charge in [-0.2, -0.15) is 0 Å². The van der Waals surface area contributed by atoms with Gasteiger partial charge >= 0.3 is 5.97 Å². The number of morpholine rings is 1. The van der Waals surface area contributed by atoms with Gasteiger partial charge < -0.3 is 23.7 Å². The van der Waals surface area contributed by atoms with Crippen LogP contribution < -0.4 is 0 Å². The Kier molecular flexibility index (Phi) is 6.88. The molecule has 0 N–H and O–H groups in total. The van der Waals surface area contributed by atoms with E-state index in [9.17, 15) is 14.4 Å². The van der Waals surface area contributed by atoms with E-state index in [1.54, 1.807) is 11.0 Å². The number of carbonyl (C=O) groups excluding carboxylic acids is 3. The fourth-order valence-electron chi connectivity index (χ4n) is 2.53. The molecule has 1 aromatic carbocycles. The van der Waals surface area contributed by atoms with Gasteiger partial charge in [0.2, 0.25) is 5.91 Å². The van der Waals surface area contributed by atoms with Crippen LogP contribution in [0.15, 0.2) is 33.9 Å². The zero-order valence-electron chi connectivity index (χ0n) is 15.5. The highest BCUT2D eigenvalue weighted by Crippen LogP contribution is 2.23. The number of aromatic nitrogens is 1. The lowest BCUT2D eigenvalue weighted by Crippen LogP contribution is -2.46. The van der Waals surface area contributed by atoms with Gasteiger partial charge in [0.05, 0.1) is 19.8 Å². The minimum atomic E-state index is -0.562. The lowest BCUT2D eigenvalue weighted by Gasteiger charge is -2.28. The van der Waals surface area contributed by atoms with Crippen LogP contribution in [0, 0.1) is 0 Å². The number of oxazole rings is 1. The number of benzene rings is 1. The number of ether oxygens (including phenoxy) is 2. The summed E-state index contributed by atoms with van der Waals surface area (Å²) in [5.41, 5.74) is 1.35. The number of carbonyl (C=O) groups is 3. The van der Waals surface area contributed by atoms with Gasteiger partial charge in [-0.3, -0.25) is 14.4 Å². The quantitative estimate of drug-likeness (QED) is 0.490. The van der Waals surface area contributed by atoms with Gasteiger partial charge in [-0.05, 0) is 12.1 Å². The maximum atomic E-state index is 12.1. The Morgan fingerprint density at radius 2 is 2.00 bits per heavy atom. The Balaban J connectivity index is 1.38. The number of rotatable bonds is 7. The van der Waals surface area contributed by atoms with Crippen LogP contribution in [0.1, 0.15) is 0 Å². The summed E-state index contributed by atoms with van der Waals surface area (Å²) in [6.07, 6.45) is 0. The zero-order chi connectivity index (χ0) is 19.9. The first-order chi connectivity index (χ1) is 13.5. The van der Waals surface area contributed by atoms with Crippen LogP contribution in [0.2, 0.25) is 0 Å². The minimum Gasteiger partial charge on any atom is -0.455 e. The molecule has 1 aliphatic rings. The second-order valence-corrected chi connectivity index (χ2v) is 7.07. The average molecular weight is 407 g/mol. The van der Waals surface area contributed by atoms with Crippen LogP contribution >= 0.6 is 11.8 Å². The third-order valence-electron chi connectivity index (χ3n) is 4.11. The van der Waals surface area contributed by atoms with Gasteiger partial charge in [-0.15, -0.1) is 0 Å². The van der Waals surface area contributed by atoms with Gasteiger partial charge in [0.25, 0.3) is 11.1 Å². The second kappa shape index (κ2) is 9.56. The largest absolute Gasteiger partial charge is 0.455 e. The summed E-state index contributed by atoms with van der Waals surface area (Å²) in [5, 5.41) is 0.359. The molecule has 28 heavy (non-hydrogen) atoms. The number of nitrogens with zero attached hydrogens (tertiary/aromatic N) is 3. The van der Waals surface area contributed by atoms with E-state index in [4.69, 9.17) is 13.9 Å². The molecule has 0 aliphatic carbocycles. The molecule has 2 amide bonds. The van der Waals surface area contributed by atoms with Crippen LogP contribution in [0.5, 0.6) is 0 Å². The minimum absolute atomic E-state index is 0.0312. The first-order valence-corrected chi connectivity index (χ1v) is 9.75. The molecule has 9 nitrogen and oxygen atoms in total. The first kappa shape index (κ1) is 20.2. The van der Waals surface area contributed by atoms with E-state index in [2.05, 4.69) is 4.98 Å². The summed E-state index contributed by atoms with van der Waals surface area (Å²) >= 11 is 1.09. The molecule has 0 saturated carbocycles. The van der Waals surface area contributed by atoms with E-state index in [1.807, 2.05) is 18.2 Å². The summed E-state index contributed by atoms with van der Waals surface area (Å²) < 4.78 is 15.7. The van der Waals surface area contributed by atoms with Gasteiger partial charge in [-0.25, -0.2) is 4.98 Å². The van der Waals surface area contributed by atoms with Gasteiger partial charge in [0.15, 0.2) is 12.2 Å². The standard InChI is InChI=1S/C18H21N3O6S/c1-20(10-15(22)21-6-8-25-9-7-21)16(23)11-26-17(24)12-28-18-19-13-4-2-3-5-14(13)27-18/h2-5H,6-12H2,1H3. The molecule has 2 heterocycles. The summed E-state index contributed by atoms with van der Waals surface area (Å²) in [6.45, 7) is 1.55. The predicted molar refractivity (Wildman–Crippen MR) is 101 cm³/mol. The van der Waals surface area contributed by atoms with Crippen molar-refractivity contribution >= 4 is 40.6 Å². The molecule has 10 heteroatoms. The Hall–Kier alpha value is -2.59. The fraction of sp³-hybridized carbons (Fsp3) is 0.444. The molecule has 3 rings (SSSR count). The maximum Gasteiger partial charge on any atom is 0.316 e. The van der Waals surface area contributed by atoms with Crippen LogP contribution in [-0.4, -0.2) is 84.8 Å². The molecule has 1 saturated heterocycles. The third-order valence-corrected chi connectivity index (χ3v) is 4.91. The Morgan fingerprint density at radius 1 is 1.25 bits per heavy atom.